The van der Waals surface area contributed by atoms with Gasteiger partial charge in [-0.1, -0.05) is 31.2 Å². The summed E-state index contributed by atoms with van der Waals surface area (Å²) in [6, 6.07) is 17.7. The summed E-state index contributed by atoms with van der Waals surface area (Å²) in [6.45, 7) is 5.92. The third-order valence-electron chi connectivity index (χ3n) is 8.44. The molecule has 230 valence electrons. The van der Waals surface area contributed by atoms with Crippen LogP contribution in [0.15, 0.2) is 71.6 Å². The van der Waals surface area contributed by atoms with E-state index in [4.69, 9.17) is 10.5 Å². The Balaban J connectivity index is 1.44. The number of hydrogen-bond donors (Lipinski definition) is 1. The molecule has 11 heteroatoms. The molecule has 3 aromatic rings. The fourth-order valence-corrected chi connectivity index (χ4v) is 6.90. The molecule has 0 aliphatic carbocycles. The van der Waals surface area contributed by atoms with Crippen molar-refractivity contribution in [2.75, 3.05) is 50.0 Å². The van der Waals surface area contributed by atoms with E-state index in [1.54, 1.807) is 49.4 Å². The van der Waals surface area contributed by atoms with E-state index in [2.05, 4.69) is 9.80 Å². The van der Waals surface area contributed by atoms with Crippen LogP contribution in [-0.4, -0.2) is 70.4 Å². The summed E-state index contributed by atoms with van der Waals surface area (Å²) in [6.07, 6.45) is -3.24. The van der Waals surface area contributed by atoms with Gasteiger partial charge in [-0.15, -0.1) is 0 Å². The maximum atomic E-state index is 13.2. The highest BCUT2D eigenvalue weighted by Gasteiger charge is 2.36. The van der Waals surface area contributed by atoms with Gasteiger partial charge >= 0.3 is 6.18 Å². The first-order valence-corrected chi connectivity index (χ1v) is 16.1. The van der Waals surface area contributed by atoms with E-state index in [9.17, 15) is 26.4 Å². The Bertz CT molecular complexity index is 1540. The lowest BCUT2D eigenvalue weighted by atomic mass is 9.95. The van der Waals surface area contributed by atoms with Crippen molar-refractivity contribution >= 4 is 21.4 Å². The molecular formula is C32H36F3N3O4S. The molecule has 2 aliphatic heterocycles. The van der Waals surface area contributed by atoms with Gasteiger partial charge in [0, 0.05) is 49.4 Å². The van der Waals surface area contributed by atoms with E-state index in [1.165, 1.54) is 0 Å². The van der Waals surface area contributed by atoms with E-state index in [0.717, 1.165) is 60.6 Å². The van der Waals surface area contributed by atoms with Crippen molar-refractivity contribution in [2.45, 2.75) is 42.8 Å². The molecule has 3 aromatic carbocycles. The minimum atomic E-state index is -4.39. The third-order valence-corrected chi connectivity index (χ3v) is 10.2. The van der Waals surface area contributed by atoms with Crippen molar-refractivity contribution < 1.29 is 31.1 Å². The summed E-state index contributed by atoms with van der Waals surface area (Å²) < 4.78 is 69.6. The molecule has 43 heavy (non-hydrogen) atoms. The van der Waals surface area contributed by atoms with Crippen molar-refractivity contribution in [3.8, 4) is 0 Å². The van der Waals surface area contributed by atoms with Crippen molar-refractivity contribution in [1.82, 2.24) is 4.90 Å². The second-order valence-electron chi connectivity index (χ2n) is 11.2. The molecule has 2 aliphatic rings. The fraction of sp³-hybridized carbons (Fsp3) is 0.406. The van der Waals surface area contributed by atoms with Crippen LogP contribution in [-0.2, 0) is 27.2 Å². The Labute approximate surface area is 250 Å². The molecule has 0 radical (unpaired) electrons. The number of nitrogens with two attached hydrogens (primary N) is 1. The summed E-state index contributed by atoms with van der Waals surface area (Å²) >= 11 is 0. The van der Waals surface area contributed by atoms with Crippen molar-refractivity contribution in [3.05, 3.63) is 94.5 Å². The number of sulfone groups is 1. The first-order valence-electron chi connectivity index (χ1n) is 14.4. The van der Waals surface area contributed by atoms with Gasteiger partial charge < -0.3 is 15.4 Å². The van der Waals surface area contributed by atoms with Gasteiger partial charge in [-0.05, 0) is 72.0 Å². The van der Waals surface area contributed by atoms with Gasteiger partial charge in [-0.25, -0.2) is 8.42 Å². The number of anilines is 1. The number of carbonyl (C=O) groups excluding carboxylic acids is 1. The molecule has 2 fully saturated rings. The highest BCUT2D eigenvalue weighted by Crippen LogP contribution is 2.38. The highest BCUT2D eigenvalue weighted by atomic mass is 32.2. The molecule has 1 amide bonds. The van der Waals surface area contributed by atoms with Gasteiger partial charge in [0.15, 0.2) is 9.84 Å². The molecule has 5 rings (SSSR count). The van der Waals surface area contributed by atoms with Gasteiger partial charge in [0.05, 0.1) is 29.4 Å². The van der Waals surface area contributed by atoms with Crippen LogP contribution in [0.1, 0.15) is 51.9 Å². The van der Waals surface area contributed by atoms with Gasteiger partial charge in [0.1, 0.15) is 0 Å². The van der Waals surface area contributed by atoms with E-state index in [-0.39, 0.29) is 22.6 Å². The molecule has 0 bridgehead atoms. The first-order chi connectivity index (χ1) is 20.4. The SMILES string of the molecule is CCS(=O)(=O)c1ccc(Cc2cc(N3CC(c4ccc(C(F)(F)F)cc4)C[C@H]3CN3CCOCC3)ccc2C(N)=O)cc1. The summed E-state index contributed by atoms with van der Waals surface area (Å²) in [7, 11) is -3.33. The second-order valence-corrected chi connectivity index (χ2v) is 13.5. The van der Waals surface area contributed by atoms with Crippen LogP contribution in [0.25, 0.3) is 0 Å². The minimum absolute atomic E-state index is 0.00906. The van der Waals surface area contributed by atoms with Gasteiger partial charge in [-0.3, -0.25) is 9.69 Å². The summed E-state index contributed by atoms with van der Waals surface area (Å²) in [5.74, 6) is -0.518. The van der Waals surface area contributed by atoms with E-state index >= 15 is 0 Å². The monoisotopic (exact) mass is 615 g/mol. The zero-order chi connectivity index (χ0) is 30.8. The summed E-state index contributed by atoms with van der Waals surface area (Å²) in [4.78, 5) is 17.2. The predicted molar refractivity (Wildman–Crippen MR) is 159 cm³/mol. The van der Waals surface area contributed by atoms with E-state index < -0.39 is 27.5 Å². The molecule has 0 spiro atoms. The molecule has 1 unspecified atom stereocenters. The number of alkyl halides is 3. The van der Waals surface area contributed by atoms with Gasteiger partial charge in [0.25, 0.3) is 0 Å². The Morgan fingerprint density at radius 2 is 1.67 bits per heavy atom. The number of primary amides is 1. The van der Waals surface area contributed by atoms with Crippen LogP contribution in [0.5, 0.6) is 0 Å². The van der Waals surface area contributed by atoms with Gasteiger partial charge in [-0.2, -0.15) is 13.2 Å². The lowest BCUT2D eigenvalue weighted by Gasteiger charge is -2.34. The van der Waals surface area contributed by atoms with Crippen LogP contribution >= 0.6 is 0 Å². The number of ether oxygens (including phenoxy) is 1. The number of halogens is 3. The fourth-order valence-electron chi connectivity index (χ4n) is 6.02. The normalized spacial score (nSPS) is 20.0. The highest BCUT2D eigenvalue weighted by molar-refractivity contribution is 7.91. The number of hydrogen-bond acceptors (Lipinski definition) is 6. The molecule has 0 saturated carbocycles. The van der Waals surface area contributed by atoms with Crippen molar-refractivity contribution in [1.29, 1.82) is 0 Å². The van der Waals surface area contributed by atoms with Crippen LogP contribution in [0.4, 0.5) is 18.9 Å². The maximum Gasteiger partial charge on any atom is 0.416 e. The zero-order valence-electron chi connectivity index (χ0n) is 24.0. The molecule has 7 nitrogen and oxygen atoms in total. The average Bonchev–Trinajstić information content (AvgIpc) is 3.41. The largest absolute Gasteiger partial charge is 0.416 e. The molecule has 2 atom stereocenters. The van der Waals surface area contributed by atoms with Crippen LogP contribution in [0, 0.1) is 0 Å². The van der Waals surface area contributed by atoms with Crippen LogP contribution < -0.4 is 10.6 Å². The Hall–Kier alpha value is -3.41. The summed E-state index contributed by atoms with van der Waals surface area (Å²) in [5.41, 5.74) is 8.77. The number of morpholine rings is 1. The van der Waals surface area contributed by atoms with Crippen molar-refractivity contribution in [2.24, 2.45) is 5.73 Å². The van der Waals surface area contributed by atoms with Crippen LogP contribution in [0.2, 0.25) is 0 Å². The molecular weight excluding hydrogens is 579 g/mol. The average molecular weight is 616 g/mol. The first kappa shape index (κ1) is 31.0. The quantitative estimate of drug-likeness (QED) is 0.369. The van der Waals surface area contributed by atoms with E-state index in [0.29, 0.717) is 31.7 Å². The number of carbonyl (C=O) groups is 1. The predicted octanol–water partition coefficient (Wildman–Crippen LogP) is 4.88. The lowest BCUT2D eigenvalue weighted by molar-refractivity contribution is -0.137. The smallest absolute Gasteiger partial charge is 0.379 e. The summed E-state index contributed by atoms with van der Waals surface area (Å²) in [5, 5.41) is 0. The molecule has 2 saturated heterocycles. The maximum absolute atomic E-state index is 13.2. The van der Waals surface area contributed by atoms with Crippen molar-refractivity contribution in [3.63, 3.8) is 0 Å². The molecule has 0 aromatic heterocycles. The van der Waals surface area contributed by atoms with Gasteiger partial charge in [0.2, 0.25) is 5.91 Å². The molecule has 2 heterocycles. The Morgan fingerprint density at radius 3 is 2.28 bits per heavy atom. The minimum Gasteiger partial charge on any atom is -0.379 e. The lowest BCUT2D eigenvalue weighted by Crippen LogP contribution is -2.45. The second kappa shape index (κ2) is 12.7. The third kappa shape index (κ3) is 7.22. The number of rotatable bonds is 9. The van der Waals surface area contributed by atoms with Crippen LogP contribution in [0.3, 0.4) is 0 Å². The number of benzene rings is 3. The zero-order valence-corrected chi connectivity index (χ0v) is 24.8. The Morgan fingerprint density at radius 1 is 1.00 bits per heavy atom. The standard InChI is InChI=1S/C32H36F3N3O4S/c1-2-43(40,41)29-10-3-22(4-11-29)17-24-18-27(9-12-30(24)31(36)39)38-20-25(19-28(38)21-37-13-15-42-16-14-37)23-5-7-26(8-6-23)32(33,34)35/h3-12,18,25,28H,2,13-17,19-21H2,1H3,(H2,36,39)/t25?,28-/m0/s1. The topological polar surface area (TPSA) is 92.9 Å². The number of amides is 1. The van der Waals surface area contributed by atoms with E-state index in [1.807, 2.05) is 12.1 Å². The Kier molecular flexibility index (Phi) is 9.15. The number of nitrogens with zero attached hydrogens (tertiary/aromatic N) is 2. The molecule has 2 N–H and O–H groups in total.